The van der Waals surface area contributed by atoms with Gasteiger partial charge in [-0.3, -0.25) is 0 Å². The van der Waals surface area contributed by atoms with Crippen LogP contribution in [0.1, 0.15) is 95.4 Å². The normalized spacial score (nSPS) is 13.6. The monoisotopic (exact) mass is 635 g/mol. The van der Waals surface area contributed by atoms with E-state index in [-0.39, 0.29) is 5.41 Å². The molecule has 2 unspecified atom stereocenters. The molecular weight excluding hydrogens is 575 g/mol. The molecule has 0 radical (unpaired) electrons. The molecule has 1 aromatic heterocycles. The summed E-state index contributed by atoms with van der Waals surface area (Å²) >= 11 is 1.93. The Morgan fingerprint density at radius 1 is 1.02 bits per heavy atom. The molecule has 0 aliphatic carbocycles. The maximum Gasteiger partial charge on any atom is 0.0385 e. The van der Waals surface area contributed by atoms with Crippen molar-refractivity contribution in [1.29, 1.82) is 0 Å². The molecule has 1 heterocycles. The van der Waals surface area contributed by atoms with Crippen LogP contribution in [-0.2, 0) is 11.8 Å². The van der Waals surface area contributed by atoms with Crippen LogP contribution in [0, 0.1) is 18.8 Å². The van der Waals surface area contributed by atoms with Crippen LogP contribution in [0.4, 0.5) is 5.69 Å². The quantitative estimate of drug-likeness (QED) is 0.108. The van der Waals surface area contributed by atoms with E-state index in [0.29, 0.717) is 11.8 Å². The van der Waals surface area contributed by atoms with E-state index < -0.39 is 0 Å². The number of thiophene rings is 1. The zero-order valence-corrected chi connectivity index (χ0v) is 30.9. The highest BCUT2D eigenvalue weighted by Crippen LogP contribution is 2.42. The Hall–Kier alpha value is -3.36. The van der Waals surface area contributed by atoms with Gasteiger partial charge < -0.3 is 5.32 Å². The van der Waals surface area contributed by atoms with E-state index in [0.717, 1.165) is 44.2 Å². The van der Waals surface area contributed by atoms with Crippen molar-refractivity contribution < 1.29 is 0 Å². The average Bonchev–Trinajstić information content (AvgIpc) is 3.43. The van der Waals surface area contributed by atoms with Gasteiger partial charge >= 0.3 is 0 Å². The molecule has 3 rings (SSSR count). The molecule has 1 nitrogen and oxygen atoms in total. The van der Waals surface area contributed by atoms with Crippen LogP contribution in [0.15, 0.2) is 122 Å². The van der Waals surface area contributed by atoms with Gasteiger partial charge in [-0.2, -0.15) is 0 Å². The van der Waals surface area contributed by atoms with Gasteiger partial charge in [0.25, 0.3) is 0 Å². The SMILES string of the molecule is C=C/C=C(/C)C(=C)C.C=CCC(/C=C/CC(C)(Cc1ccc(C)s1)c1c(NCCC(C)C)ccc2ccccc12)C(=C)CCCC. The zero-order valence-electron chi connectivity index (χ0n) is 30.1. The van der Waals surface area contributed by atoms with Crippen LogP contribution in [0.25, 0.3) is 10.8 Å². The first-order valence-electron chi connectivity index (χ1n) is 17.2. The largest absolute Gasteiger partial charge is 0.385 e. The third kappa shape index (κ3) is 12.4. The molecule has 0 bridgehead atoms. The number of unbranched alkanes of at least 4 members (excludes halogenated alkanes) is 1. The number of allylic oxidation sites excluding steroid dienone is 8. The molecule has 0 saturated heterocycles. The molecule has 0 amide bonds. The molecule has 2 heteroatoms. The second kappa shape index (κ2) is 20.0. The highest BCUT2D eigenvalue weighted by atomic mass is 32.1. The maximum absolute atomic E-state index is 4.45. The van der Waals surface area contributed by atoms with Crippen molar-refractivity contribution in [2.45, 2.75) is 98.8 Å². The summed E-state index contributed by atoms with van der Waals surface area (Å²) < 4.78 is 0. The molecule has 0 fully saturated rings. The van der Waals surface area contributed by atoms with Gasteiger partial charge in [-0.15, -0.1) is 17.9 Å². The standard InChI is InChI=1S/C36H49NS.C8H12/c1-8-10-15-28(5)30(14-9-2)17-13-24-36(7,26-32-21-19-29(6)38-32)35-33-18-12-11-16-31(33)20-22-34(35)37-25-23-27(3)4;1-5-6-8(4)7(2)3/h9,11-13,16-22,27,30,37H,2,5,8,10,14-15,23-26H2,1,3-4,6-7H3;5-6H,1-2H2,3-4H3/b17-13+;8-6-. The molecule has 2 aromatic carbocycles. The Bertz CT molecular complexity index is 1480. The summed E-state index contributed by atoms with van der Waals surface area (Å²) in [7, 11) is 0. The van der Waals surface area contributed by atoms with Crippen molar-refractivity contribution in [3.63, 3.8) is 0 Å². The van der Waals surface area contributed by atoms with E-state index in [1.165, 1.54) is 55.8 Å². The Morgan fingerprint density at radius 3 is 2.35 bits per heavy atom. The Morgan fingerprint density at radius 2 is 1.76 bits per heavy atom. The number of fused-ring (bicyclic) bond motifs is 1. The smallest absolute Gasteiger partial charge is 0.0385 e. The zero-order chi connectivity index (χ0) is 34.1. The summed E-state index contributed by atoms with van der Waals surface area (Å²) in [4.78, 5) is 2.83. The van der Waals surface area contributed by atoms with Gasteiger partial charge in [0.15, 0.2) is 0 Å². The van der Waals surface area contributed by atoms with Gasteiger partial charge in [0.1, 0.15) is 0 Å². The van der Waals surface area contributed by atoms with Gasteiger partial charge in [0, 0.05) is 33.3 Å². The minimum atomic E-state index is -0.0572. The third-order valence-corrected chi connectivity index (χ3v) is 9.71. The first-order chi connectivity index (χ1) is 21.9. The number of hydrogen-bond acceptors (Lipinski definition) is 2. The molecule has 0 aliphatic heterocycles. The van der Waals surface area contributed by atoms with E-state index in [1.54, 1.807) is 6.08 Å². The number of aryl methyl sites for hydroxylation is 1. The minimum Gasteiger partial charge on any atom is -0.385 e. The molecule has 0 spiro atoms. The summed E-state index contributed by atoms with van der Waals surface area (Å²) in [5.74, 6) is 1.04. The van der Waals surface area contributed by atoms with Crippen LogP contribution in [-0.4, -0.2) is 6.54 Å². The lowest BCUT2D eigenvalue weighted by Gasteiger charge is -2.33. The van der Waals surface area contributed by atoms with Crippen LogP contribution in [0.5, 0.6) is 0 Å². The fourth-order valence-electron chi connectivity index (χ4n) is 5.75. The number of benzene rings is 2. The van der Waals surface area contributed by atoms with Gasteiger partial charge in [-0.1, -0.05) is 126 Å². The molecule has 3 aromatic rings. The van der Waals surface area contributed by atoms with E-state index in [4.69, 9.17) is 0 Å². The molecule has 0 saturated carbocycles. The lowest BCUT2D eigenvalue weighted by Crippen LogP contribution is -2.26. The summed E-state index contributed by atoms with van der Waals surface area (Å²) in [6.45, 7) is 32.3. The van der Waals surface area contributed by atoms with Crippen LogP contribution >= 0.6 is 11.3 Å². The van der Waals surface area contributed by atoms with Crippen molar-refractivity contribution in [2.24, 2.45) is 11.8 Å². The second-order valence-electron chi connectivity index (χ2n) is 13.5. The Balaban J connectivity index is 0.000000812. The first-order valence-corrected chi connectivity index (χ1v) is 18.0. The predicted molar refractivity (Wildman–Crippen MR) is 211 cm³/mol. The third-order valence-electron chi connectivity index (χ3n) is 8.70. The molecule has 2 atom stereocenters. The fraction of sp³-hybridized carbons (Fsp3) is 0.409. The van der Waals surface area contributed by atoms with Crippen molar-refractivity contribution in [2.75, 3.05) is 11.9 Å². The summed E-state index contributed by atoms with van der Waals surface area (Å²) in [5.41, 5.74) is 6.30. The van der Waals surface area contributed by atoms with Gasteiger partial charge in [-0.25, -0.2) is 0 Å². The highest BCUT2D eigenvalue weighted by molar-refractivity contribution is 7.11. The van der Waals surface area contributed by atoms with E-state index in [1.807, 2.05) is 37.3 Å². The maximum atomic E-state index is 4.45. The van der Waals surface area contributed by atoms with Crippen LogP contribution in [0.2, 0.25) is 0 Å². The second-order valence-corrected chi connectivity index (χ2v) is 14.8. The van der Waals surface area contributed by atoms with E-state index >= 15 is 0 Å². The van der Waals surface area contributed by atoms with Crippen LogP contribution in [0.3, 0.4) is 0 Å². The molecule has 1 N–H and O–H groups in total. The number of nitrogens with one attached hydrogen (secondary N) is 1. The Kier molecular flexibility index (Phi) is 16.9. The van der Waals surface area contributed by atoms with E-state index in [9.17, 15) is 0 Å². The minimum absolute atomic E-state index is 0.0572. The summed E-state index contributed by atoms with van der Waals surface area (Å²) in [5, 5.41) is 6.52. The molecule has 248 valence electrons. The Labute approximate surface area is 286 Å². The topological polar surface area (TPSA) is 12.0 Å². The summed E-state index contributed by atoms with van der Waals surface area (Å²) in [6, 6.07) is 18.1. The number of anilines is 1. The van der Waals surface area contributed by atoms with Gasteiger partial charge in [-0.05, 0) is 105 Å². The van der Waals surface area contributed by atoms with E-state index in [2.05, 4.69) is 127 Å². The van der Waals surface area contributed by atoms with Crippen molar-refractivity contribution in [3.8, 4) is 0 Å². The van der Waals surface area contributed by atoms with Crippen molar-refractivity contribution in [3.05, 3.63) is 137 Å². The predicted octanol–water partition coefficient (Wildman–Crippen LogP) is 13.7. The first kappa shape index (κ1) is 38.8. The molecule has 0 aliphatic rings. The molecular formula is C44H61NS. The lowest BCUT2D eigenvalue weighted by molar-refractivity contribution is 0.482. The highest BCUT2D eigenvalue weighted by Gasteiger charge is 2.31. The van der Waals surface area contributed by atoms with Crippen LogP contribution < -0.4 is 5.32 Å². The van der Waals surface area contributed by atoms with Gasteiger partial charge in [0.2, 0.25) is 0 Å². The average molecular weight is 636 g/mol. The number of rotatable bonds is 18. The van der Waals surface area contributed by atoms with Gasteiger partial charge in [0.05, 0.1) is 0 Å². The number of hydrogen-bond donors (Lipinski definition) is 1. The molecule has 46 heavy (non-hydrogen) atoms. The van der Waals surface area contributed by atoms with Crippen molar-refractivity contribution >= 4 is 27.8 Å². The lowest BCUT2D eigenvalue weighted by atomic mass is 9.73. The van der Waals surface area contributed by atoms with Crippen molar-refractivity contribution in [1.82, 2.24) is 0 Å². The summed E-state index contributed by atoms with van der Waals surface area (Å²) in [6.07, 6.45) is 18.2. The fourth-order valence-corrected chi connectivity index (χ4v) is 6.83.